The van der Waals surface area contributed by atoms with Crippen LogP contribution in [0.15, 0.2) is 85.2 Å². The highest BCUT2D eigenvalue weighted by atomic mass is 19.4. The van der Waals surface area contributed by atoms with Crippen molar-refractivity contribution in [2.75, 3.05) is 19.0 Å². The third-order valence-corrected chi connectivity index (χ3v) is 6.00. The molecule has 37 heavy (non-hydrogen) atoms. The molecule has 2 aromatic heterocycles. The number of methoxy groups -OCH3 is 1. The first-order valence-electron chi connectivity index (χ1n) is 11.7. The zero-order chi connectivity index (χ0) is 25.8. The minimum absolute atomic E-state index is 0.325. The Morgan fingerprint density at radius 1 is 0.865 bits per heavy atom. The van der Waals surface area contributed by atoms with E-state index >= 15 is 0 Å². The second-order valence-corrected chi connectivity index (χ2v) is 8.53. The Balaban J connectivity index is 1.43. The lowest BCUT2D eigenvalue weighted by Crippen LogP contribution is -2.09. The first-order valence-corrected chi connectivity index (χ1v) is 11.7. The summed E-state index contributed by atoms with van der Waals surface area (Å²) in [7, 11) is 1.64. The number of anilines is 1. The minimum atomic E-state index is -4.37. The van der Waals surface area contributed by atoms with Crippen molar-refractivity contribution in [2.45, 2.75) is 19.1 Å². The van der Waals surface area contributed by atoms with E-state index in [9.17, 15) is 13.2 Å². The van der Waals surface area contributed by atoms with E-state index < -0.39 is 11.7 Å². The lowest BCUT2D eigenvalue weighted by molar-refractivity contribution is -0.137. The van der Waals surface area contributed by atoms with Gasteiger partial charge in [0.2, 0.25) is 0 Å². The van der Waals surface area contributed by atoms with Crippen LogP contribution in [-0.2, 0) is 19.1 Å². The van der Waals surface area contributed by atoms with E-state index in [1.807, 2.05) is 59.2 Å². The maximum absolute atomic E-state index is 13.0. The van der Waals surface area contributed by atoms with E-state index in [1.54, 1.807) is 13.4 Å². The fourth-order valence-corrected chi connectivity index (χ4v) is 4.01. The molecule has 1 N–H and O–H groups in total. The van der Waals surface area contributed by atoms with Gasteiger partial charge >= 0.3 is 6.18 Å². The topological polar surface area (TPSA) is 64.9 Å². The normalized spacial score (nSPS) is 11.6. The molecule has 9 heteroatoms. The number of fused-ring (bicyclic) bond motifs is 1. The van der Waals surface area contributed by atoms with E-state index in [0.29, 0.717) is 41.5 Å². The summed E-state index contributed by atoms with van der Waals surface area (Å²) in [4.78, 5) is 14.0. The predicted molar refractivity (Wildman–Crippen MR) is 136 cm³/mol. The van der Waals surface area contributed by atoms with Gasteiger partial charge in [-0.2, -0.15) is 13.2 Å². The maximum atomic E-state index is 13.0. The van der Waals surface area contributed by atoms with Gasteiger partial charge in [0.1, 0.15) is 11.3 Å². The number of nitrogens with one attached hydrogen (secondary N) is 1. The van der Waals surface area contributed by atoms with Gasteiger partial charge in [0.25, 0.3) is 0 Å². The zero-order valence-corrected chi connectivity index (χ0v) is 20.0. The van der Waals surface area contributed by atoms with Crippen LogP contribution < -0.4 is 10.1 Å². The van der Waals surface area contributed by atoms with Gasteiger partial charge in [-0.25, -0.2) is 15.0 Å². The molecule has 2 heterocycles. The highest BCUT2D eigenvalue weighted by molar-refractivity contribution is 5.85. The second kappa shape index (κ2) is 10.3. The van der Waals surface area contributed by atoms with Crippen LogP contribution in [0.3, 0.4) is 0 Å². The molecule has 0 aliphatic rings. The number of alkyl halides is 3. The monoisotopic (exact) mass is 503 g/mol. The molecule has 6 nitrogen and oxygen atoms in total. The van der Waals surface area contributed by atoms with Crippen molar-refractivity contribution >= 4 is 17.0 Å². The van der Waals surface area contributed by atoms with Gasteiger partial charge in [0, 0.05) is 12.1 Å². The molecule has 5 rings (SSSR count). The zero-order valence-electron chi connectivity index (χ0n) is 20.0. The summed E-state index contributed by atoms with van der Waals surface area (Å²) in [6.45, 7) is 0.948. The van der Waals surface area contributed by atoms with Gasteiger partial charge in [0.05, 0.1) is 25.5 Å². The van der Waals surface area contributed by atoms with Crippen LogP contribution in [-0.4, -0.2) is 33.2 Å². The predicted octanol–water partition coefficient (Wildman–Crippen LogP) is 6.22. The number of halogens is 3. The van der Waals surface area contributed by atoms with Gasteiger partial charge < -0.3 is 14.6 Å². The Hall–Kier alpha value is -4.40. The molecule has 0 radical (unpaired) electrons. The standard InChI is InChI=1S/C28H24F3N5O/c1-37-23-13-9-19(10-14-23)15-16-32-26-24-27(35-25(34-26)21-5-3-2-4-6-21)36(18-33-24)17-20-7-11-22(12-8-20)28(29,30)31/h2-14,18H,15-17H2,1H3,(H,32,34,35). The number of benzene rings is 3. The molecule has 0 atom stereocenters. The molecule has 188 valence electrons. The number of rotatable bonds is 8. The molecule has 0 amide bonds. The molecule has 0 aliphatic heterocycles. The highest BCUT2D eigenvalue weighted by Crippen LogP contribution is 2.30. The number of hydrogen-bond acceptors (Lipinski definition) is 5. The number of imidazole rings is 1. The Kier molecular flexibility index (Phi) is 6.76. The molecular weight excluding hydrogens is 479 g/mol. The first-order chi connectivity index (χ1) is 17.9. The summed E-state index contributed by atoms with van der Waals surface area (Å²) >= 11 is 0. The molecule has 0 spiro atoms. The summed E-state index contributed by atoms with van der Waals surface area (Å²) in [6, 6.07) is 22.6. The van der Waals surface area contributed by atoms with Crippen LogP contribution in [0, 0.1) is 0 Å². The first kappa shape index (κ1) is 24.3. The van der Waals surface area contributed by atoms with Gasteiger partial charge in [-0.1, -0.05) is 54.6 Å². The Bertz CT molecular complexity index is 1480. The van der Waals surface area contributed by atoms with Crippen molar-refractivity contribution in [3.8, 4) is 17.1 Å². The molecular formula is C28H24F3N5O. The van der Waals surface area contributed by atoms with Crippen LogP contribution in [0.25, 0.3) is 22.6 Å². The Labute approximate surface area is 211 Å². The van der Waals surface area contributed by atoms with Gasteiger partial charge in [-0.05, 0) is 41.8 Å². The SMILES string of the molecule is COc1ccc(CCNc2nc(-c3ccccc3)nc3c2ncn3Cc2ccc(C(F)(F)F)cc2)cc1. The summed E-state index contributed by atoms with van der Waals surface area (Å²) in [5, 5.41) is 3.39. The van der Waals surface area contributed by atoms with Crippen LogP contribution in [0.2, 0.25) is 0 Å². The second-order valence-electron chi connectivity index (χ2n) is 8.53. The van der Waals surface area contributed by atoms with Crippen molar-refractivity contribution in [1.82, 2.24) is 19.5 Å². The fraction of sp³-hybridized carbons (Fsp3) is 0.179. The summed E-state index contributed by atoms with van der Waals surface area (Å²) in [5.74, 6) is 1.94. The Morgan fingerprint density at radius 2 is 1.57 bits per heavy atom. The van der Waals surface area contributed by atoms with E-state index in [-0.39, 0.29) is 0 Å². The van der Waals surface area contributed by atoms with Crippen molar-refractivity contribution in [2.24, 2.45) is 0 Å². The molecule has 0 saturated heterocycles. The van der Waals surface area contributed by atoms with Crippen molar-refractivity contribution in [3.63, 3.8) is 0 Å². The Morgan fingerprint density at radius 3 is 2.24 bits per heavy atom. The van der Waals surface area contributed by atoms with Crippen molar-refractivity contribution in [3.05, 3.63) is 102 Å². The van der Waals surface area contributed by atoms with Crippen molar-refractivity contribution < 1.29 is 17.9 Å². The highest BCUT2D eigenvalue weighted by Gasteiger charge is 2.30. The molecule has 5 aromatic rings. The number of ether oxygens (including phenoxy) is 1. The maximum Gasteiger partial charge on any atom is 0.416 e. The average molecular weight is 504 g/mol. The summed E-state index contributed by atoms with van der Waals surface area (Å²) in [6.07, 6.45) is -1.96. The lowest BCUT2D eigenvalue weighted by Gasteiger charge is -2.11. The van der Waals surface area contributed by atoms with Gasteiger partial charge in [-0.3, -0.25) is 0 Å². The summed E-state index contributed by atoms with van der Waals surface area (Å²) in [5.41, 5.74) is 3.23. The molecule has 0 bridgehead atoms. The molecule has 0 saturated carbocycles. The van der Waals surface area contributed by atoms with Crippen LogP contribution in [0.1, 0.15) is 16.7 Å². The van der Waals surface area contributed by atoms with Gasteiger partial charge in [0.15, 0.2) is 17.3 Å². The van der Waals surface area contributed by atoms with E-state index in [4.69, 9.17) is 14.7 Å². The average Bonchev–Trinajstić information content (AvgIpc) is 3.32. The van der Waals surface area contributed by atoms with Crippen LogP contribution >= 0.6 is 0 Å². The minimum Gasteiger partial charge on any atom is -0.497 e. The van der Waals surface area contributed by atoms with Gasteiger partial charge in [-0.15, -0.1) is 0 Å². The van der Waals surface area contributed by atoms with Crippen LogP contribution in [0.5, 0.6) is 5.75 Å². The number of aromatic nitrogens is 4. The fourth-order valence-electron chi connectivity index (χ4n) is 4.01. The largest absolute Gasteiger partial charge is 0.497 e. The molecule has 0 aliphatic carbocycles. The third kappa shape index (κ3) is 5.55. The van der Waals surface area contributed by atoms with E-state index in [2.05, 4.69) is 10.3 Å². The lowest BCUT2D eigenvalue weighted by atomic mass is 10.1. The molecule has 3 aromatic carbocycles. The third-order valence-electron chi connectivity index (χ3n) is 6.00. The number of hydrogen-bond donors (Lipinski definition) is 1. The van der Waals surface area contributed by atoms with E-state index in [1.165, 1.54) is 12.1 Å². The molecule has 0 unspecified atom stereocenters. The van der Waals surface area contributed by atoms with Crippen LogP contribution in [0.4, 0.5) is 19.0 Å². The quantitative estimate of drug-likeness (QED) is 0.272. The van der Waals surface area contributed by atoms with E-state index in [0.717, 1.165) is 35.4 Å². The summed E-state index contributed by atoms with van der Waals surface area (Å²) < 4.78 is 45.9. The smallest absolute Gasteiger partial charge is 0.416 e. The molecule has 0 fully saturated rings. The number of nitrogens with zero attached hydrogens (tertiary/aromatic N) is 4. The van der Waals surface area contributed by atoms with Crippen molar-refractivity contribution in [1.29, 1.82) is 0 Å².